The van der Waals surface area contributed by atoms with E-state index in [0.29, 0.717) is 13.2 Å². The number of hydrogen-bond acceptors (Lipinski definition) is 5. The third kappa shape index (κ3) is 6.49. The molecule has 1 aliphatic heterocycles. The van der Waals surface area contributed by atoms with E-state index in [1.54, 1.807) is 23.5 Å². The van der Waals surface area contributed by atoms with Gasteiger partial charge in [0.25, 0.3) is 0 Å². The second kappa shape index (κ2) is 12.4. The third-order valence-electron chi connectivity index (χ3n) is 5.80. The SMILES string of the molecule is C=CCOc1ccc(N=c2scc(CCN3CCCCC3)n2-c2ccc(OCC=C)cc2)cc1. The van der Waals surface area contributed by atoms with Crippen molar-refractivity contribution in [3.05, 3.63) is 89.7 Å². The molecule has 2 aromatic carbocycles. The van der Waals surface area contributed by atoms with Crippen molar-refractivity contribution in [1.82, 2.24) is 9.47 Å². The molecule has 0 unspecified atom stereocenters. The minimum Gasteiger partial charge on any atom is -0.490 e. The zero-order chi connectivity index (χ0) is 23.6. The Morgan fingerprint density at radius 1 is 0.853 bits per heavy atom. The Kier molecular flexibility index (Phi) is 8.77. The Morgan fingerprint density at radius 3 is 2.09 bits per heavy atom. The van der Waals surface area contributed by atoms with E-state index in [4.69, 9.17) is 14.5 Å². The van der Waals surface area contributed by atoms with Crippen LogP contribution < -0.4 is 14.3 Å². The van der Waals surface area contributed by atoms with Crippen LogP contribution in [0, 0.1) is 0 Å². The average Bonchev–Trinajstić information content (AvgIpc) is 3.29. The number of nitrogens with zero attached hydrogens (tertiary/aromatic N) is 3. The van der Waals surface area contributed by atoms with Gasteiger partial charge in [0.05, 0.1) is 5.69 Å². The maximum Gasteiger partial charge on any atom is 0.194 e. The van der Waals surface area contributed by atoms with Crippen molar-refractivity contribution in [1.29, 1.82) is 0 Å². The lowest BCUT2D eigenvalue weighted by Crippen LogP contribution is -2.32. The van der Waals surface area contributed by atoms with Gasteiger partial charge in [0, 0.05) is 29.7 Å². The van der Waals surface area contributed by atoms with Crippen LogP contribution in [0.25, 0.3) is 5.69 Å². The van der Waals surface area contributed by atoms with Gasteiger partial charge in [-0.05, 0) is 74.5 Å². The molecular weight excluding hydrogens is 442 g/mol. The van der Waals surface area contributed by atoms with Crippen molar-refractivity contribution in [3.8, 4) is 17.2 Å². The monoisotopic (exact) mass is 475 g/mol. The molecule has 0 spiro atoms. The fourth-order valence-electron chi connectivity index (χ4n) is 4.06. The van der Waals surface area contributed by atoms with E-state index < -0.39 is 0 Å². The number of piperidine rings is 1. The molecule has 0 bridgehead atoms. The molecule has 1 fully saturated rings. The normalized spacial score (nSPS) is 14.6. The quantitative estimate of drug-likeness (QED) is 0.323. The first-order valence-corrected chi connectivity index (χ1v) is 12.8. The van der Waals surface area contributed by atoms with Gasteiger partial charge in [-0.3, -0.25) is 4.57 Å². The highest BCUT2D eigenvalue weighted by Crippen LogP contribution is 2.21. The van der Waals surface area contributed by atoms with E-state index in [9.17, 15) is 0 Å². The first-order chi connectivity index (χ1) is 16.8. The van der Waals surface area contributed by atoms with Gasteiger partial charge in [-0.25, -0.2) is 4.99 Å². The Balaban J connectivity index is 1.62. The predicted octanol–water partition coefficient (Wildman–Crippen LogP) is 5.93. The molecular formula is C28H33N3O2S. The van der Waals surface area contributed by atoms with Gasteiger partial charge in [-0.1, -0.05) is 31.7 Å². The number of hydrogen-bond donors (Lipinski definition) is 0. The summed E-state index contributed by atoms with van der Waals surface area (Å²) >= 11 is 1.68. The van der Waals surface area contributed by atoms with Crippen LogP contribution in [0.15, 0.2) is 84.2 Å². The molecule has 1 aromatic heterocycles. The fourth-order valence-corrected chi connectivity index (χ4v) is 5.01. The number of rotatable bonds is 11. The van der Waals surface area contributed by atoms with Crippen LogP contribution >= 0.6 is 11.3 Å². The second-order valence-corrected chi connectivity index (χ2v) is 9.13. The second-order valence-electron chi connectivity index (χ2n) is 8.30. The van der Waals surface area contributed by atoms with Gasteiger partial charge >= 0.3 is 0 Å². The van der Waals surface area contributed by atoms with Crippen molar-refractivity contribution in [2.24, 2.45) is 4.99 Å². The number of ether oxygens (including phenoxy) is 2. The van der Waals surface area contributed by atoms with Crippen molar-refractivity contribution in [2.75, 3.05) is 32.8 Å². The summed E-state index contributed by atoms with van der Waals surface area (Å²) in [4.78, 5) is 8.51. The fraction of sp³-hybridized carbons (Fsp3) is 0.321. The molecule has 34 heavy (non-hydrogen) atoms. The Bertz CT molecular complexity index is 1120. The molecule has 0 atom stereocenters. The lowest BCUT2D eigenvalue weighted by Gasteiger charge is -2.26. The maximum absolute atomic E-state index is 5.68. The summed E-state index contributed by atoms with van der Waals surface area (Å²) < 4.78 is 13.5. The van der Waals surface area contributed by atoms with Gasteiger partial charge in [-0.2, -0.15) is 0 Å². The first kappa shape index (κ1) is 24.0. The van der Waals surface area contributed by atoms with E-state index in [1.165, 1.54) is 38.0 Å². The molecule has 1 saturated heterocycles. The predicted molar refractivity (Wildman–Crippen MR) is 141 cm³/mol. The lowest BCUT2D eigenvalue weighted by atomic mass is 10.1. The maximum atomic E-state index is 5.68. The van der Waals surface area contributed by atoms with Crippen LogP contribution in [0.4, 0.5) is 5.69 Å². The number of thiazole rings is 1. The van der Waals surface area contributed by atoms with Crippen LogP contribution in [0.2, 0.25) is 0 Å². The minimum absolute atomic E-state index is 0.494. The van der Waals surface area contributed by atoms with Gasteiger partial charge in [-0.15, -0.1) is 11.3 Å². The van der Waals surface area contributed by atoms with Gasteiger partial charge < -0.3 is 14.4 Å². The first-order valence-electron chi connectivity index (χ1n) is 11.9. The zero-order valence-electron chi connectivity index (χ0n) is 19.7. The highest BCUT2D eigenvalue weighted by molar-refractivity contribution is 7.07. The summed E-state index contributed by atoms with van der Waals surface area (Å²) in [5, 5.41) is 2.24. The topological polar surface area (TPSA) is 39.0 Å². The summed E-state index contributed by atoms with van der Waals surface area (Å²) in [7, 11) is 0. The smallest absolute Gasteiger partial charge is 0.194 e. The highest BCUT2D eigenvalue weighted by Gasteiger charge is 2.13. The van der Waals surface area contributed by atoms with E-state index in [2.05, 4.69) is 40.1 Å². The molecule has 5 nitrogen and oxygen atoms in total. The summed E-state index contributed by atoms with van der Waals surface area (Å²) in [5.41, 5.74) is 3.26. The lowest BCUT2D eigenvalue weighted by molar-refractivity contribution is 0.230. The Labute approximate surface area is 206 Å². The molecule has 0 N–H and O–H groups in total. The number of likely N-dealkylation sites (tertiary alicyclic amines) is 1. The largest absolute Gasteiger partial charge is 0.490 e. The number of aromatic nitrogens is 1. The molecule has 0 amide bonds. The van der Waals surface area contributed by atoms with Gasteiger partial charge in [0.1, 0.15) is 24.7 Å². The van der Waals surface area contributed by atoms with Crippen LogP contribution in [0.1, 0.15) is 25.0 Å². The third-order valence-corrected chi connectivity index (χ3v) is 6.68. The van der Waals surface area contributed by atoms with E-state index in [-0.39, 0.29) is 0 Å². The molecule has 1 aliphatic rings. The Hall–Kier alpha value is -3.09. The number of benzene rings is 2. The van der Waals surface area contributed by atoms with Crippen LogP contribution in [0.3, 0.4) is 0 Å². The summed E-state index contributed by atoms with van der Waals surface area (Å²) in [6.07, 6.45) is 8.47. The molecule has 0 aliphatic carbocycles. The molecule has 0 radical (unpaired) electrons. The molecule has 6 heteroatoms. The van der Waals surface area contributed by atoms with E-state index >= 15 is 0 Å². The van der Waals surface area contributed by atoms with Crippen molar-refractivity contribution in [2.45, 2.75) is 25.7 Å². The van der Waals surface area contributed by atoms with E-state index in [0.717, 1.165) is 40.6 Å². The van der Waals surface area contributed by atoms with Crippen LogP contribution in [-0.2, 0) is 6.42 Å². The van der Waals surface area contributed by atoms with E-state index in [1.807, 2.05) is 36.4 Å². The van der Waals surface area contributed by atoms with Gasteiger partial charge in [0.2, 0.25) is 0 Å². The summed E-state index contributed by atoms with van der Waals surface area (Å²) in [6.45, 7) is 11.9. The summed E-state index contributed by atoms with van der Waals surface area (Å²) in [6, 6.07) is 16.1. The van der Waals surface area contributed by atoms with Crippen molar-refractivity contribution in [3.63, 3.8) is 0 Å². The summed E-state index contributed by atoms with van der Waals surface area (Å²) in [5.74, 6) is 1.65. The zero-order valence-corrected chi connectivity index (χ0v) is 20.5. The highest BCUT2D eigenvalue weighted by atomic mass is 32.1. The molecule has 0 saturated carbocycles. The van der Waals surface area contributed by atoms with Crippen molar-refractivity contribution < 1.29 is 9.47 Å². The molecule has 178 valence electrons. The molecule has 2 heterocycles. The molecule has 3 aromatic rings. The average molecular weight is 476 g/mol. The van der Waals surface area contributed by atoms with Crippen molar-refractivity contribution >= 4 is 17.0 Å². The minimum atomic E-state index is 0.494. The van der Waals surface area contributed by atoms with Gasteiger partial charge in [0.15, 0.2) is 4.80 Å². The van der Waals surface area contributed by atoms with Crippen LogP contribution in [0.5, 0.6) is 11.5 Å². The molecule has 4 rings (SSSR count). The standard InChI is InChI=1S/C28H33N3O2S/c1-3-20-32-26-12-8-23(9-13-26)29-28-31(24-10-14-27(15-11-24)33-21-4-2)25(22-34-28)16-19-30-17-6-5-7-18-30/h3-4,8-15,22H,1-2,5-7,16-21H2. The Morgan fingerprint density at radius 2 is 1.47 bits per heavy atom. The van der Waals surface area contributed by atoms with Crippen LogP contribution in [-0.4, -0.2) is 42.3 Å².